The first-order valence-corrected chi connectivity index (χ1v) is 7.93. The van der Waals surface area contributed by atoms with Crippen molar-refractivity contribution in [1.29, 1.82) is 0 Å². The minimum absolute atomic E-state index is 0.102. The molecule has 7 heteroatoms. The van der Waals surface area contributed by atoms with Gasteiger partial charge in [-0.25, -0.2) is 9.97 Å². The Balaban J connectivity index is 1.50. The van der Waals surface area contributed by atoms with E-state index in [-0.39, 0.29) is 11.7 Å². The standard InChI is InChI=1S/C14H18N4O2S/c19-13-7-11(16-10-17-13)1-2-12-8-18(4-5-20-12)9-14-15-3-6-21-14/h3,6-7,10,12H,1-2,4-5,8-9H2,(H,16,17,19). The van der Waals surface area contributed by atoms with Crippen molar-refractivity contribution < 1.29 is 4.74 Å². The third-order valence-electron chi connectivity index (χ3n) is 3.52. The zero-order valence-electron chi connectivity index (χ0n) is 11.7. The molecule has 1 N–H and O–H groups in total. The van der Waals surface area contributed by atoms with Crippen LogP contribution in [0.4, 0.5) is 0 Å². The number of nitrogens with one attached hydrogen (secondary N) is 1. The van der Waals surface area contributed by atoms with Gasteiger partial charge in [-0.15, -0.1) is 11.3 Å². The van der Waals surface area contributed by atoms with E-state index in [4.69, 9.17) is 4.74 Å². The first-order valence-electron chi connectivity index (χ1n) is 7.05. The van der Waals surface area contributed by atoms with Gasteiger partial charge in [0.2, 0.25) is 0 Å². The van der Waals surface area contributed by atoms with Crippen LogP contribution >= 0.6 is 11.3 Å². The average Bonchev–Trinajstić information content (AvgIpc) is 2.99. The zero-order chi connectivity index (χ0) is 14.5. The number of thiazole rings is 1. The van der Waals surface area contributed by atoms with E-state index in [9.17, 15) is 4.79 Å². The monoisotopic (exact) mass is 306 g/mol. The fraction of sp³-hybridized carbons (Fsp3) is 0.500. The molecule has 2 aromatic heterocycles. The quantitative estimate of drug-likeness (QED) is 0.894. The van der Waals surface area contributed by atoms with Crippen LogP contribution in [0, 0.1) is 0 Å². The van der Waals surface area contributed by atoms with Gasteiger partial charge >= 0.3 is 0 Å². The average molecular weight is 306 g/mol. The number of ether oxygens (including phenoxy) is 1. The third-order valence-corrected chi connectivity index (χ3v) is 4.29. The van der Waals surface area contributed by atoms with Crippen LogP contribution in [0.2, 0.25) is 0 Å². The minimum atomic E-state index is -0.102. The summed E-state index contributed by atoms with van der Waals surface area (Å²) >= 11 is 1.69. The second-order valence-corrected chi connectivity index (χ2v) is 6.07. The molecule has 21 heavy (non-hydrogen) atoms. The summed E-state index contributed by atoms with van der Waals surface area (Å²) in [6.45, 7) is 3.49. The second-order valence-electron chi connectivity index (χ2n) is 5.09. The van der Waals surface area contributed by atoms with Crippen LogP contribution in [0.15, 0.2) is 28.8 Å². The second kappa shape index (κ2) is 6.93. The highest BCUT2D eigenvalue weighted by Gasteiger charge is 2.21. The molecule has 1 fully saturated rings. The maximum Gasteiger partial charge on any atom is 0.250 e. The van der Waals surface area contributed by atoms with Gasteiger partial charge in [-0.2, -0.15) is 0 Å². The number of morpholine rings is 1. The first-order chi connectivity index (χ1) is 10.3. The predicted molar refractivity (Wildman–Crippen MR) is 80.3 cm³/mol. The Hall–Kier alpha value is -1.57. The molecular weight excluding hydrogens is 288 g/mol. The maximum absolute atomic E-state index is 11.2. The molecular formula is C14H18N4O2S. The van der Waals surface area contributed by atoms with E-state index in [2.05, 4.69) is 19.9 Å². The van der Waals surface area contributed by atoms with Crippen LogP contribution in [0.3, 0.4) is 0 Å². The van der Waals surface area contributed by atoms with Gasteiger partial charge in [0.1, 0.15) is 5.01 Å². The molecule has 3 rings (SSSR count). The molecule has 6 nitrogen and oxygen atoms in total. The highest BCUT2D eigenvalue weighted by molar-refractivity contribution is 7.09. The van der Waals surface area contributed by atoms with Crippen molar-refractivity contribution >= 4 is 11.3 Å². The highest BCUT2D eigenvalue weighted by atomic mass is 32.1. The van der Waals surface area contributed by atoms with Crippen LogP contribution < -0.4 is 5.56 Å². The Morgan fingerprint density at radius 2 is 2.43 bits per heavy atom. The molecule has 0 aromatic carbocycles. The summed E-state index contributed by atoms with van der Waals surface area (Å²) in [4.78, 5) is 24.6. The Bertz CT molecular complexity index is 613. The summed E-state index contributed by atoms with van der Waals surface area (Å²) < 4.78 is 5.81. The summed E-state index contributed by atoms with van der Waals surface area (Å²) in [7, 11) is 0. The number of hydrogen-bond acceptors (Lipinski definition) is 6. The molecule has 112 valence electrons. The molecule has 1 aliphatic rings. The molecule has 1 aliphatic heterocycles. The molecule has 1 atom stereocenters. The summed E-state index contributed by atoms with van der Waals surface area (Å²) in [5, 5.41) is 3.15. The van der Waals surface area contributed by atoms with Crippen molar-refractivity contribution in [3.05, 3.63) is 45.0 Å². The number of aromatic amines is 1. The largest absolute Gasteiger partial charge is 0.376 e. The van der Waals surface area contributed by atoms with E-state index in [0.29, 0.717) is 0 Å². The molecule has 0 radical (unpaired) electrons. The number of H-pyrrole nitrogens is 1. The summed E-state index contributed by atoms with van der Waals surface area (Å²) in [6.07, 6.45) is 5.13. The minimum Gasteiger partial charge on any atom is -0.376 e. The van der Waals surface area contributed by atoms with Gasteiger partial charge in [0, 0.05) is 36.4 Å². The van der Waals surface area contributed by atoms with E-state index in [1.165, 1.54) is 6.33 Å². The number of aryl methyl sites for hydroxylation is 1. The van der Waals surface area contributed by atoms with Crippen LogP contribution in [0.1, 0.15) is 17.1 Å². The molecule has 0 saturated carbocycles. The van der Waals surface area contributed by atoms with Crippen LogP contribution in [0.25, 0.3) is 0 Å². The van der Waals surface area contributed by atoms with Crippen LogP contribution in [0.5, 0.6) is 0 Å². The SMILES string of the molecule is O=c1cc(CCC2CN(Cc3nccs3)CCO2)nc[nH]1. The Morgan fingerprint density at radius 3 is 3.24 bits per heavy atom. The van der Waals surface area contributed by atoms with Gasteiger partial charge in [0.15, 0.2) is 0 Å². The van der Waals surface area contributed by atoms with Crippen molar-refractivity contribution in [3.8, 4) is 0 Å². The molecule has 2 aromatic rings. The first kappa shape index (κ1) is 14.4. The Labute approximate surface area is 126 Å². The van der Waals surface area contributed by atoms with E-state index in [1.807, 2.05) is 11.6 Å². The maximum atomic E-state index is 11.2. The molecule has 1 unspecified atom stereocenters. The van der Waals surface area contributed by atoms with Gasteiger partial charge < -0.3 is 9.72 Å². The van der Waals surface area contributed by atoms with E-state index >= 15 is 0 Å². The normalized spacial score (nSPS) is 19.7. The lowest BCUT2D eigenvalue weighted by Crippen LogP contribution is -2.42. The van der Waals surface area contributed by atoms with Gasteiger partial charge in [0.25, 0.3) is 5.56 Å². The lowest BCUT2D eigenvalue weighted by atomic mass is 10.1. The van der Waals surface area contributed by atoms with Crippen molar-refractivity contribution in [3.63, 3.8) is 0 Å². The Morgan fingerprint density at radius 1 is 1.48 bits per heavy atom. The summed E-state index contributed by atoms with van der Waals surface area (Å²) in [5.41, 5.74) is 0.717. The van der Waals surface area contributed by atoms with Crippen molar-refractivity contribution in [2.24, 2.45) is 0 Å². The number of rotatable bonds is 5. The van der Waals surface area contributed by atoms with Crippen molar-refractivity contribution in [2.45, 2.75) is 25.5 Å². The third kappa shape index (κ3) is 4.20. The molecule has 0 amide bonds. The van der Waals surface area contributed by atoms with Crippen LogP contribution in [-0.4, -0.2) is 45.7 Å². The van der Waals surface area contributed by atoms with E-state index in [1.54, 1.807) is 17.4 Å². The van der Waals surface area contributed by atoms with Gasteiger partial charge in [-0.1, -0.05) is 0 Å². The van der Waals surface area contributed by atoms with Crippen molar-refractivity contribution in [2.75, 3.05) is 19.7 Å². The van der Waals surface area contributed by atoms with E-state index in [0.717, 1.165) is 49.8 Å². The number of hydrogen-bond donors (Lipinski definition) is 1. The molecule has 0 spiro atoms. The molecule has 0 aliphatic carbocycles. The van der Waals surface area contributed by atoms with Gasteiger partial charge in [-0.3, -0.25) is 9.69 Å². The predicted octanol–water partition coefficient (Wildman–Crippen LogP) is 1.06. The van der Waals surface area contributed by atoms with Gasteiger partial charge in [0.05, 0.1) is 25.6 Å². The summed E-state index contributed by atoms with van der Waals surface area (Å²) in [6, 6.07) is 1.55. The highest BCUT2D eigenvalue weighted by Crippen LogP contribution is 2.15. The summed E-state index contributed by atoms with van der Waals surface area (Å²) in [5.74, 6) is 0. The van der Waals surface area contributed by atoms with Gasteiger partial charge in [-0.05, 0) is 12.8 Å². The molecule has 0 bridgehead atoms. The topological polar surface area (TPSA) is 71.1 Å². The zero-order valence-corrected chi connectivity index (χ0v) is 12.5. The van der Waals surface area contributed by atoms with Crippen molar-refractivity contribution in [1.82, 2.24) is 19.9 Å². The number of nitrogens with zero attached hydrogens (tertiary/aromatic N) is 3. The van der Waals surface area contributed by atoms with Crippen LogP contribution in [-0.2, 0) is 17.7 Å². The number of aromatic nitrogens is 3. The molecule has 3 heterocycles. The Kier molecular flexibility index (Phi) is 4.74. The smallest absolute Gasteiger partial charge is 0.250 e. The molecule has 1 saturated heterocycles. The lowest BCUT2D eigenvalue weighted by Gasteiger charge is -2.32. The lowest BCUT2D eigenvalue weighted by molar-refractivity contribution is -0.0346. The van der Waals surface area contributed by atoms with E-state index < -0.39 is 0 Å². The fourth-order valence-corrected chi connectivity index (χ4v) is 3.13. The fourth-order valence-electron chi connectivity index (χ4n) is 2.48.